The van der Waals surface area contributed by atoms with Crippen molar-refractivity contribution in [2.75, 3.05) is 17.5 Å². The monoisotopic (exact) mass is 440 g/mol. The highest BCUT2D eigenvalue weighted by molar-refractivity contribution is 7.92. The lowest BCUT2D eigenvalue weighted by molar-refractivity contribution is -0.0109. The number of carbonyl (C=O) groups excluding carboxylic acids is 1. The van der Waals surface area contributed by atoms with Gasteiger partial charge in [-0.15, -0.1) is 0 Å². The van der Waals surface area contributed by atoms with Crippen LogP contribution in [0.15, 0.2) is 42.5 Å². The molecule has 3 aliphatic rings. The Balaban J connectivity index is 1.27. The smallest absolute Gasteiger partial charge is 0.229 e. The molecule has 164 valence electrons. The molecule has 0 saturated heterocycles. The van der Waals surface area contributed by atoms with Crippen molar-refractivity contribution in [3.8, 4) is 5.75 Å². The van der Waals surface area contributed by atoms with Gasteiger partial charge in [0, 0.05) is 24.8 Å². The molecule has 2 aromatic rings. The van der Waals surface area contributed by atoms with Gasteiger partial charge in [0.05, 0.1) is 18.2 Å². The normalized spacial score (nSPS) is 26.1. The molecule has 5 rings (SSSR count). The van der Waals surface area contributed by atoms with Crippen LogP contribution in [0.4, 0.5) is 5.69 Å². The van der Waals surface area contributed by atoms with Crippen LogP contribution in [-0.2, 0) is 23.0 Å². The van der Waals surface area contributed by atoms with Gasteiger partial charge in [-0.2, -0.15) is 0 Å². The van der Waals surface area contributed by atoms with E-state index in [0.29, 0.717) is 29.5 Å². The van der Waals surface area contributed by atoms with Crippen LogP contribution in [0.1, 0.15) is 53.6 Å². The highest BCUT2D eigenvalue weighted by Crippen LogP contribution is 2.43. The van der Waals surface area contributed by atoms with Crippen molar-refractivity contribution in [2.24, 2.45) is 0 Å². The van der Waals surface area contributed by atoms with Gasteiger partial charge in [-0.1, -0.05) is 24.3 Å². The number of ketones is 1. The molecular weight excluding hydrogens is 412 g/mol. The van der Waals surface area contributed by atoms with Crippen LogP contribution in [0.5, 0.6) is 5.75 Å². The summed E-state index contributed by atoms with van der Waals surface area (Å²) in [5, 5.41) is 0. The summed E-state index contributed by atoms with van der Waals surface area (Å²) in [6.07, 6.45) is 6.34. The van der Waals surface area contributed by atoms with Gasteiger partial charge in [0.2, 0.25) is 10.0 Å². The van der Waals surface area contributed by atoms with Crippen LogP contribution >= 0.6 is 0 Å². The van der Waals surface area contributed by atoms with E-state index in [0.717, 1.165) is 51.4 Å². The molecule has 1 spiro atoms. The van der Waals surface area contributed by atoms with Crippen molar-refractivity contribution >= 4 is 21.5 Å². The first-order chi connectivity index (χ1) is 14.8. The molecule has 2 aliphatic heterocycles. The van der Waals surface area contributed by atoms with Crippen LogP contribution in [0, 0.1) is 0 Å². The fourth-order valence-corrected chi connectivity index (χ4v) is 5.93. The third-order valence-electron chi connectivity index (χ3n) is 6.94. The quantitative estimate of drug-likeness (QED) is 0.787. The molecule has 0 aromatic heterocycles. The second-order valence-electron chi connectivity index (χ2n) is 9.19. The average molecular weight is 441 g/mol. The van der Waals surface area contributed by atoms with E-state index in [1.807, 2.05) is 0 Å². The van der Waals surface area contributed by atoms with E-state index in [2.05, 4.69) is 33.9 Å². The molecule has 0 amide bonds. The number of sulfonamides is 1. The molecule has 1 N–H and O–H groups in total. The number of Topliss-reactive ketones (excluding diaryl/α,β-unsaturated/α-hetero) is 1. The Kier molecular flexibility index (Phi) is 5.06. The van der Waals surface area contributed by atoms with E-state index in [1.54, 1.807) is 18.2 Å². The highest BCUT2D eigenvalue weighted by Gasteiger charge is 2.44. The maximum Gasteiger partial charge on any atom is 0.229 e. The predicted molar refractivity (Wildman–Crippen MR) is 120 cm³/mol. The van der Waals surface area contributed by atoms with E-state index in [-0.39, 0.29) is 5.78 Å². The van der Waals surface area contributed by atoms with Crippen LogP contribution in [0.25, 0.3) is 0 Å². The summed E-state index contributed by atoms with van der Waals surface area (Å²) in [7, 11) is -3.39. The maximum absolute atomic E-state index is 12.9. The first kappa shape index (κ1) is 20.5. The van der Waals surface area contributed by atoms with Gasteiger partial charge in [0.15, 0.2) is 5.78 Å². The van der Waals surface area contributed by atoms with Crippen LogP contribution in [0.3, 0.4) is 0 Å². The molecule has 1 aliphatic carbocycles. The largest absolute Gasteiger partial charge is 0.486 e. The van der Waals surface area contributed by atoms with Gasteiger partial charge in [0.25, 0.3) is 0 Å². The minimum absolute atomic E-state index is 0.0313. The van der Waals surface area contributed by atoms with Crippen molar-refractivity contribution in [1.82, 2.24) is 4.90 Å². The van der Waals surface area contributed by atoms with Gasteiger partial charge < -0.3 is 4.74 Å². The Hall–Kier alpha value is -2.38. The SMILES string of the molecule is CS(=O)(=O)Nc1ccc2c(c1)C(=O)CC1(CCC(N3CCc4ccccc4C3)CC1)O2. The Bertz CT molecular complexity index is 1120. The molecule has 6 nitrogen and oxygen atoms in total. The average Bonchev–Trinajstić information content (AvgIpc) is 2.73. The number of hydrogen-bond acceptors (Lipinski definition) is 5. The summed E-state index contributed by atoms with van der Waals surface area (Å²) < 4.78 is 31.8. The van der Waals surface area contributed by atoms with Crippen molar-refractivity contribution < 1.29 is 17.9 Å². The van der Waals surface area contributed by atoms with E-state index in [4.69, 9.17) is 4.74 Å². The number of ether oxygens (including phenoxy) is 1. The lowest BCUT2D eigenvalue weighted by atomic mass is 9.76. The molecule has 0 atom stereocenters. The number of benzene rings is 2. The van der Waals surface area contributed by atoms with Crippen molar-refractivity contribution in [1.29, 1.82) is 0 Å². The summed E-state index contributed by atoms with van der Waals surface area (Å²) in [6, 6.07) is 14.2. The maximum atomic E-state index is 12.9. The summed E-state index contributed by atoms with van der Waals surface area (Å²) in [4.78, 5) is 15.5. The molecule has 0 unspecified atom stereocenters. The minimum atomic E-state index is -3.39. The second-order valence-corrected chi connectivity index (χ2v) is 10.9. The van der Waals surface area contributed by atoms with E-state index >= 15 is 0 Å². The minimum Gasteiger partial charge on any atom is -0.486 e. The van der Waals surface area contributed by atoms with Crippen molar-refractivity contribution in [3.05, 3.63) is 59.2 Å². The molecule has 0 radical (unpaired) electrons. The third-order valence-corrected chi connectivity index (χ3v) is 7.54. The van der Waals surface area contributed by atoms with Crippen LogP contribution in [0.2, 0.25) is 0 Å². The number of anilines is 1. The zero-order valence-corrected chi connectivity index (χ0v) is 18.6. The third kappa shape index (κ3) is 4.21. The molecule has 7 heteroatoms. The zero-order chi connectivity index (χ0) is 21.6. The number of nitrogens with zero attached hydrogens (tertiary/aromatic N) is 1. The van der Waals surface area contributed by atoms with E-state index in [1.165, 1.54) is 11.1 Å². The lowest BCUT2D eigenvalue weighted by Crippen LogP contribution is -2.50. The Morgan fingerprint density at radius 2 is 1.84 bits per heavy atom. The first-order valence-corrected chi connectivity index (χ1v) is 12.8. The van der Waals surface area contributed by atoms with Crippen LogP contribution in [-0.4, -0.2) is 43.5 Å². The Morgan fingerprint density at radius 1 is 1.10 bits per heavy atom. The number of rotatable bonds is 3. The number of nitrogens with one attached hydrogen (secondary N) is 1. The highest BCUT2D eigenvalue weighted by atomic mass is 32.2. The van der Waals surface area contributed by atoms with E-state index < -0.39 is 15.6 Å². The first-order valence-electron chi connectivity index (χ1n) is 11.0. The molecular formula is C24H28N2O4S. The summed E-state index contributed by atoms with van der Waals surface area (Å²) in [5.74, 6) is 0.601. The lowest BCUT2D eigenvalue weighted by Gasteiger charge is -2.46. The van der Waals surface area contributed by atoms with Gasteiger partial charge in [-0.3, -0.25) is 14.4 Å². The number of carbonyl (C=O) groups is 1. The van der Waals surface area contributed by atoms with Gasteiger partial charge in [-0.25, -0.2) is 8.42 Å². The zero-order valence-electron chi connectivity index (χ0n) is 17.8. The molecule has 1 fully saturated rings. The van der Waals surface area contributed by atoms with Crippen molar-refractivity contribution in [2.45, 2.75) is 56.7 Å². The topological polar surface area (TPSA) is 75.7 Å². The number of hydrogen-bond donors (Lipinski definition) is 1. The summed E-state index contributed by atoms with van der Waals surface area (Å²) in [6.45, 7) is 2.10. The van der Waals surface area contributed by atoms with E-state index in [9.17, 15) is 13.2 Å². The Labute approximate surface area is 183 Å². The molecule has 31 heavy (non-hydrogen) atoms. The fourth-order valence-electron chi connectivity index (χ4n) is 5.37. The number of fused-ring (bicyclic) bond motifs is 2. The standard InChI is InChI=1S/C24H28N2O4S/c1-31(28,29)25-19-6-7-23-21(14-19)22(27)15-24(30-23)11-8-20(9-12-24)26-13-10-17-4-2-3-5-18(17)16-26/h2-7,14,20,25H,8-13,15-16H2,1H3. The van der Waals surface area contributed by atoms with Crippen LogP contribution < -0.4 is 9.46 Å². The van der Waals surface area contributed by atoms with Crippen molar-refractivity contribution in [3.63, 3.8) is 0 Å². The summed E-state index contributed by atoms with van der Waals surface area (Å²) in [5.41, 5.74) is 3.33. The molecule has 0 bridgehead atoms. The summed E-state index contributed by atoms with van der Waals surface area (Å²) >= 11 is 0. The fraction of sp³-hybridized carbons (Fsp3) is 0.458. The van der Waals surface area contributed by atoms with Gasteiger partial charge in [-0.05, 0) is 61.4 Å². The Morgan fingerprint density at radius 3 is 2.58 bits per heavy atom. The predicted octanol–water partition coefficient (Wildman–Crippen LogP) is 3.76. The molecule has 2 aromatic carbocycles. The van der Waals surface area contributed by atoms with Gasteiger partial charge in [0.1, 0.15) is 11.4 Å². The second kappa shape index (κ2) is 7.64. The molecule has 1 saturated carbocycles. The molecule has 2 heterocycles. The van der Waals surface area contributed by atoms with Gasteiger partial charge >= 0.3 is 0 Å².